The van der Waals surface area contributed by atoms with Crippen molar-refractivity contribution in [2.45, 2.75) is 25.9 Å². The molecule has 5 rings (SSSR count). The second-order valence-electron chi connectivity index (χ2n) is 8.37. The van der Waals surface area contributed by atoms with Crippen LogP contribution in [0.5, 0.6) is 5.75 Å². The quantitative estimate of drug-likeness (QED) is 0.222. The summed E-state index contributed by atoms with van der Waals surface area (Å²) in [4.78, 5) is 31.2. The molecule has 0 bridgehead atoms. The molecule has 0 fully saturated rings. The van der Waals surface area contributed by atoms with Gasteiger partial charge in [-0.1, -0.05) is 30.0 Å². The first kappa shape index (κ1) is 23.7. The van der Waals surface area contributed by atoms with Gasteiger partial charge >= 0.3 is 5.56 Å². The molecule has 0 aliphatic rings. The number of ether oxygens (including phenoxy) is 1. The van der Waals surface area contributed by atoms with E-state index in [1.165, 1.54) is 16.3 Å². The minimum atomic E-state index is -0.336. The van der Waals surface area contributed by atoms with Crippen molar-refractivity contribution in [2.75, 3.05) is 17.7 Å². The molecule has 5 aromatic rings. The van der Waals surface area contributed by atoms with Crippen LogP contribution >= 0.6 is 11.8 Å². The van der Waals surface area contributed by atoms with E-state index in [0.29, 0.717) is 34.3 Å². The second kappa shape index (κ2) is 9.91. The lowest BCUT2D eigenvalue weighted by molar-refractivity contribution is -0.113. The zero-order valence-electron chi connectivity index (χ0n) is 20.2. The van der Waals surface area contributed by atoms with Crippen LogP contribution in [0.4, 0.5) is 5.69 Å². The van der Waals surface area contributed by atoms with Crippen LogP contribution in [0.1, 0.15) is 18.1 Å². The Kier molecular flexibility index (Phi) is 6.52. The molecule has 1 amide bonds. The molecule has 2 heterocycles. The van der Waals surface area contributed by atoms with E-state index < -0.39 is 0 Å². The Balaban J connectivity index is 1.53. The lowest BCUT2D eigenvalue weighted by Crippen LogP contribution is -2.22. The number of thioether (sulfide) groups is 1. The van der Waals surface area contributed by atoms with Gasteiger partial charge in [-0.2, -0.15) is 0 Å². The Hall–Kier alpha value is -4.04. The maximum absolute atomic E-state index is 13.6. The van der Waals surface area contributed by atoms with E-state index in [0.717, 1.165) is 22.2 Å². The molecule has 8 heteroatoms. The molecule has 0 saturated carbocycles. The molecule has 0 saturated heterocycles. The number of para-hydroxylation sites is 1. The lowest BCUT2D eigenvalue weighted by Gasteiger charge is -2.13. The fourth-order valence-electron chi connectivity index (χ4n) is 3.95. The summed E-state index contributed by atoms with van der Waals surface area (Å²) in [5, 5.41) is 4.08. The minimum absolute atomic E-state index is 0.0810. The van der Waals surface area contributed by atoms with E-state index in [9.17, 15) is 9.59 Å². The molecule has 36 heavy (non-hydrogen) atoms. The van der Waals surface area contributed by atoms with E-state index >= 15 is 0 Å². The van der Waals surface area contributed by atoms with E-state index in [2.05, 4.69) is 5.32 Å². The number of nitrogens with one attached hydrogen (secondary N) is 1. The van der Waals surface area contributed by atoms with Crippen molar-refractivity contribution in [1.82, 2.24) is 9.55 Å². The number of benzene rings is 3. The largest absolute Gasteiger partial charge is 0.494 e. The number of carbonyl (C=O) groups is 1. The zero-order chi connectivity index (χ0) is 25.2. The van der Waals surface area contributed by atoms with Gasteiger partial charge in [0.05, 0.1) is 18.0 Å². The van der Waals surface area contributed by atoms with Crippen molar-refractivity contribution < 1.29 is 13.9 Å². The highest BCUT2D eigenvalue weighted by Gasteiger charge is 2.20. The summed E-state index contributed by atoms with van der Waals surface area (Å²) in [7, 11) is 0. The molecule has 0 unspecified atom stereocenters. The third-order valence-corrected chi connectivity index (χ3v) is 6.83. The van der Waals surface area contributed by atoms with E-state index in [1.807, 2.05) is 63.2 Å². The predicted octanol–water partition coefficient (Wildman–Crippen LogP) is 5.88. The Labute approximate surface area is 212 Å². The van der Waals surface area contributed by atoms with Gasteiger partial charge in [0.15, 0.2) is 5.16 Å². The number of fused-ring (bicyclic) bond motifs is 3. The number of aryl methyl sites for hydroxylation is 2. The second-order valence-corrected chi connectivity index (χ2v) is 9.32. The van der Waals surface area contributed by atoms with Crippen molar-refractivity contribution in [3.63, 3.8) is 0 Å². The van der Waals surface area contributed by atoms with Crippen molar-refractivity contribution in [1.29, 1.82) is 0 Å². The summed E-state index contributed by atoms with van der Waals surface area (Å²) in [5.74, 6) is 0.597. The van der Waals surface area contributed by atoms with Crippen molar-refractivity contribution in [3.8, 4) is 11.4 Å². The molecule has 0 radical (unpaired) electrons. The van der Waals surface area contributed by atoms with Crippen molar-refractivity contribution >= 4 is 45.4 Å². The molecule has 1 N–H and O–H groups in total. The van der Waals surface area contributed by atoms with E-state index in [-0.39, 0.29) is 22.8 Å². The first-order chi connectivity index (χ1) is 17.4. The standard InChI is InChI=1S/C28H25N3O4S/c1-4-34-21-13-11-20(12-14-21)31-27(33)26-25(22-7-5-6-8-23(22)35-26)30-28(31)36-16-24(32)29-19-10-9-17(2)18(3)15-19/h5-15H,4,16H2,1-3H3,(H,29,32). The van der Waals surface area contributed by atoms with Crippen LogP contribution < -0.4 is 15.6 Å². The van der Waals surface area contributed by atoms with Gasteiger partial charge in [0.1, 0.15) is 16.8 Å². The SMILES string of the molecule is CCOc1ccc(-n2c(SCC(=O)Nc3ccc(C)c(C)c3)nc3c(oc4ccccc43)c2=O)cc1. The van der Waals surface area contributed by atoms with Crippen molar-refractivity contribution in [2.24, 2.45) is 0 Å². The number of aromatic nitrogens is 2. The summed E-state index contributed by atoms with van der Waals surface area (Å²) in [5.41, 5.74) is 4.51. The van der Waals surface area contributed by atoms with Gasteiger partial charge < -0.3 is 14.5 Å². The Bertz CT molecular complexity index is 1640. The van der Waals surface area contributed by atoms with Crippen LogP contribution in [0.15, 0.2) is 81.1 Å². The number of nitrogens with zero attached hydrogens (tertiary/aromatic N) is 2. The number of hydrogen-bond acceptors (Lipinski definition) is 6. The normalized spacial score (nSPS) is 11.2. The molecule has 0 aliphatic carbocycles. The maximum Gasteiger partial charge on any atom is 0.302 e. The topological polar surface area (TPSA) is 86.4 Å². The highest BCUT2D eigenvalue weighted by atomic mass is 32.2. The van der Waals surface area contributed by atoms with Gasteiger partial charge in [-0.15, -0.1) is 0 Å². The summed E-state index contributed by atoms with van der Waals surface area (Å²) < 4.78 is 12.9. The van der Waals surface area contributed by atoms with E-state index in [1.54, 1.807) is 24.3 Å². The average Bonchev–Trinajstić information content (AvgIpc) is 3.25. The smallest absolute Gasteiger partial charge is 0.302 e. The van der Waals surface area contributed by atoms with Gasteiger partial charge in [0.25, 0.3) is 0 Å². The molecule has 0 aliphatic heterocycles. The fourth-order valence-corrected chi connectivity index (χ4v) is 4.76. The molecular weight excluding hydrogens is 474 g/mol. The van der Waals surface area contributed by atoms with Gasteiger partial charge in [-0.05, 0) is 80.4 Å². The summed E-state index contributed by atoms with van der Waals surface area (Å²) >= 11 is 1.20. The molecule has 3 aromatic carbocycles. The maximum atomic E-state index is 13.6. The monoisotopic (exact) mass is 499 g/mol. The van der Waals surface area contributed by atoms with Gasteiger partial charge in [0, 0.05) is 11.1 Å². The van der Waals surface area contributed by atoms with Gasteiger partial charge in [-0.25, -0.2) is 4.98 Å². The first-order valence-corrected chi connectivity index (χ1v) is 12.6. The summed E-state index contributed by atoms with van der Waals surface area (Å²) in [6.45, 7) is 6.49. The van der Waals surface area contributed by atoms with Crippen LogP contribution in [-0.2, 0) is 4.79 Å². The summed E-state index contributed by atoms with van der Waals surface area (Å²) in [6.07, 6.45) is 0. The average molecular weight is 500 g/mol. The molecular formula is C28H25N3O4S. The number of amides is 1. The van der Waals surface area contributed by atoms with Crippen molar-refractivity contribution in [3.05, 3.63) is 88.2 Å². The number of furan rings is 1. The highest BCUT2D eigenvalue weighted by Crippen LogP contribution is 2.29. The molecule has 2 aromatic heterocycles. The molecule has 182 valence electrons. The fraction of sp³-hybridized carbons (Fsp3) is 0.179. The minimum Gasteiger partial charge on any atom is -0.494 e. The number of hydrogen-bond donors (Lipinski definition) is 1. The van der Waals surface area contributed by atoms with Gasteiger partial charge in [0.2, 0.25) is 11.5 Å². The lowest BCUT2D eigenvalue weighted by atomic mass is 10.1. The third-order valence-electron chi connectivity index (χ3n) is 5.89. The number of carbonyl (C=O) groups excluding carboxylic acids is 1. The van der Waals surface area contributed by atoms with Gasteiger partial charge in [-0.3, -0.25) is 14.2 Å². The Morgan fingerprint density at radius 2 is 1.83 bits per heavy atom. The van der Waals surface area contributed by atoms with Crippen LogP contribution in [0.3, 0.4) is 0 Å². The molecule has 0 spiro atoms. The molecule has 0 atom stereocenters. The third kappa shape index (κ3) is 4.59. The predicted molar refractivity (Wildman–Crippen MR) is 144 cm³/mol. The summed E-state index contributed by atoms with van der Waals surface area (Å²) in [6, 6.07) is 20.4. The van der Waals surface area contributed by atoms with Crippen LogP contribution in [0.2, 0.25) is 0 Å². The zero-order valence-corrected chi connectivity index (χ0v) is 21.0. The van der Waals surface area contributed by atoms with Crippen LogP contribution in [0, 0.1) is 13.8 Å². The molecule has 7 nitrogen and oxygen atoms in total. The highest BCUT2D eigenvalue weighted by molar-refractivity contribution is 7.99. The van der Waals surface area contributed by atoms with E-state index in [4.69, 9.17) is 14.1 Å². The Morgan fingerprint density at radius 3 is 2.58 bits per heavy atom. The Morgan fingerprint density at radius 1 is 1.06 bits per heavy atom. The number of rotatable bonds is 7. The van der Waals surface area contributed by atoms with Crippen LogP contribution in [0.25, 0.3) is 27.8 Å². The van der Waals surface area contributed by atoms with Crippen LogP contribution in [-0.4, -0.2) is 27.8 Å². The first-order valence-electron chi connectivity index (χ1n) is 11.6. The number of anilines is 1.